The Labute approximate surface area is 187 Å². The molecule has 0 spiro atoms. The number of nitrogens with zero attached hydrogens (tertiary/aromatic N) is 2. The molecule has 1 N–H and O–H groups in total. The summed E-state index contributed by atoms with van der Waals surface area (Å²) in [6, 6.07) is 15.3. The zero-order valence-electron chi connectivity index (χ0n) is 16.7. The third-order valence-corrected chi connectivity index (χ3v) is 5.25. The summed E-state index contributed by atoms with van der Waals surface area (Å²) in [6.07, 6.45) is 1.56. The van der Waals surface area contributed by atoms with Gasteiger partial charge in [0.15, 0.2) is 0 Å². The molecule has 2 atom stereocenters. The van der Waals surface area contributed by atoms with Gasteiger partial charge in [0.05, 0.1) is 25.0 Å². The monoisotopic (exact) mass is 448 g/mol. The molecule has 0 unspecified atom stereocenters. The molecule has 0 aliphatic carbocycles. The molecule has 0 saturated heterocycles. The van der Waals surface area contributed by atoms with Gasteiger partial charge in [0.2, 0.25) is 0 Å². The normalized spacial score (nSPS) is 16.9. The zero-order chi connectivity index (χ0) is 21.3. The Morgan fingerprint density at radius 2 is 2.10 bits per heavy atom. The number of aliphatic hydroxyl groups excluding tert-OH is 1. The SMILES string of the molecule is C=CCOC[C@H](O)CN(Cc1cccc(Cl)c1)C[C@H]1CC(c2ccccc2Cl)=NO1. The van der Waals surface area contributed by atoms with Gasteiger partial charge in [0, 0.05) is 41.7 Å². The second-order valence-corrected chi connectivity index (χ2v) is 8.10. The largest absolute Gasteiger partial charge is 0.390 e. The van der Waals surface area contributed by atoms with Gasteiger partial charge in [0.1, 0.15) is 6.10 Å². The Hall–Kier alpha value is -1.89. The van der Waals surface area contributed by atoms with Crippen molar-refractivity contribution in [1.82, 2.24) is 4.90 Å². The van der Waals surface area contributed by atoms with E-state index in [-0.39, 0.29) is 12.7 Å². The summed E-state index contributed by atoms with van der Waals surface area (Å²) in [5.41, 5.74) is 2.79. The number of rotatable bonds is 11. The summed E-state index contributed by atoms with van der Waals surface area (Å²) in [6.45, 7) is 5.93. The highest BCUT2D eigenvalue weighted by atomic mass is 35.5. The lowest BCUT2D eigenvalue weighted by Crippen LogP contribution is -2.39. The number of oxime groups is 1. The van der Waals surface area contributed by atoms with Crippen molar-refractivity contribution >= 4 is 28.9 Å². The van der Waals surface area contributed by atoms with E-state index in [0.29, 0.717) is 42.7 Å². The van der Waals surface area contributed by atoms with Crippen molar-refractivity contribution < 1.29 is 14.7 Å². The third-order valence-electron chi connectivity index (χ3n) is 4.69. The first-order chi connectivity index (χ1) is 14.5. The minimum atomic E-state index is -0.630. The number of ether oxygens (including phenoxy) is 1. The molecule has 1 aliphatic heterocycles. The summed E-state index contributed by atoms with van der Waals surface area (Å²) >= 11 is 12.4. The van der Waals surface area contributed by atoms with Gasteiger partial charge in [-0.15, -0.1) is 6.58 Å². The van der Waals surface area contributed by atoms with Crippen molar-refractivity contribution in [3.63, 3.8) is 0 Å². The molecule has 3 rings (SSSR count). The molecule has 0 saturated carbocycles. The van der Waals surface area contributed by atoms with Crippen molar-refractivity contribution in [1.29, 1.82) is 0 Å². The third kappa shape index (κ3) is 6.83. The molecular weight excluding hydrogens is 423 g/mol. The smallest absolute Gasteiger partial charge is 0.145 e. The van der Waals surface area contributed by atoms with Crippen LogP contribution in [0.5, 0.6) is 0 Å². The molecule has 160 valence electrons. The number of hydrogen-bond donors (Lipinski definition) is 1. The molecule has 0 aromatic heterocycles. The van der Waals surface area contributed by atoms with Crippen LogP contribution in [0.3, 0.4) is 0 Å². The molecule has 2 aromatic rings. The zero-order valence-corrected chi connectivity index (χ0v) is 18.2. The maximum Gasteiger partial charge on any atom is 0.145 e. The average molecular weight is 449 g/mol. The van der Waals surface area contributed by atoms with Crippen molar-refractivity contribution in [2.45, 2.75) is 25.2 Å². The predicted octanol–water partition coefficient (Wildman–Crippen LogP) is 4.55. The van der Waals surface area contributed by atoms with Crippen LogP contribution in [0.15, 0.2) is 66.3 Å². The summed E-state index contributed by atoms with van der Waals surface area (Å²) < 4.78 is 5.39. The molecule has 0 radical (unpaired) electrons. The predicted molar refractivity (Wildman–Crippen MR) is 121 cm³/mol. The van der Waals surface area contributed by atoms with E-state index in [1.165, 1.54) is 0 Å². The lowest BCUT2D eigenvalue weighted by atomic mass is 10.0. The quantitative estimate of drug-likeness (QED) is 0.404. The minimum absolute atomic E-state index is 0.128. The average Bonchev–Trinajstić information content (AvgIpc) is 3.16. The van der Waals surface area contributed by atoms with Gasteiger partial charge >= 0.3 is 0 Å². The molecule has 2 aromatic carbocycles. The van der Waals surface area contributed by atoms with Crippen LogP contribution in [-0.2, 0) is 16.1 Å². The molecule has 0 amide bonds. The molecule has 30 heavy (non-hydrogen) atoms. The lowest BCUT2D eigenvalue weighted by Gasteiger charge is -2.27. The summed E-state index contributed by atoms with van der Waals surface area (Å²) in [4.78, 5) is 7.81. The van der Waals surface area contributed by atoms with Gasteiger partial charge in [-0.25, -0.2) is 0 Å². The number of hydrogen-bond acceptors (Lipinski definition) is 5. The van der Waals surface area contributed by atoms with Crippen LogP contribution >= 0.6 is 23.2 Å². The van der Waals surface area contributed by atoms with Gasteiger partial charge in [-0.05, 0) is 23.8 Å². The second kappa shape index (κ2) is 11.5. The van der Waals surface area contributed by atoms with Crippen molar-refractivity contribution in [3.05, 3.63) is 82.4 Å². The Balaban J connectivity index is 1.63. The molecule has 0 fully saturated rings. The van der Waals surface area contributed by atoms with Crippen LogP contribution in [0.1, 0.15) is 17.5 Å². The van der Waals surface area contributed by atoms with E-state index in [1.54, 1.807) is 6.08 Å². The molecule has 1 heterocycles. The standard InChI is InChI=1S/C23H26Cl2N2O3/c1-2-10-29-16-19(28)14-27(13-17-6-5-7-18(24)11-17)15-20-12-23(26-30-20)21-8-3-4-9-22(21)25/h2-9,11,19-20,28H,1,10,12-16H2/t19-,20-/m1/s1. The maximum atomic E-state index is 10.4. The first-order valence-corrected chi connectivity index (χ1v) is 10.6. The van der Waals surface area contributed by atoms with Crippen LogP contribution in [0.2, 0.25) is 10.0 Å². The maximum absolute atomic E-state index is 10.4. The van der Waals surface area contributed by atoms with E-state index < -0.39 is 6.10 Å². The van der Waals surface area contributed by atoms with Gasteiger partial charge in [0.25, 0.3) is 0 Å². The lowest BCUT2D eigenvalue weighted by molar-refractivity contribution is 0.00336. The van der Waals surface area contributed by atoms with Gasteiger partial charge in [-0.2, -0.15) is 0 Å². The highest BCUT2D eigenvalue weighted by Crippen LogP contribution is 2.24. The first-order valence-electron chi connectivity index (χ1n) is 9.86. The Morgan fingerprint density at radius 3 is 2.87 bits per heavy atom. The Morgan fingerprint density at radius 1 is 1.27 bits per heavy atom. The fourth-order valence-corrected chi connectivity index (χ4v) is 3.86. The van der Waals surface area contributed by atoms with Gasteiger partial charge in [-0.1, -0.05) is 64.8 Å². The van der Waals surface area contributed by atoms with E-state index in [0.717, 1.165) is 16.8 Å². The number of halogens is 2. The molecule has 7 heteroatoms. The van der Waals surface area contributed by atoms with E-state index in [1.807, 2.05) is 48.5 Å². The molecule has 0 bridgehead atoms. The van der Waals surface area contributed by atoms with Gasteiger partial charge in [-0.3, -0.25) is 4.90 Å². The van der Waals surface area contributed by atoms with Crippen LogP contribution in [0.25, 0.3) is 0 Å². The topological polar surface area (TPSA) is 54.3 Å². The highest BCUT2D eigenvalue weighted by Gasteiger charge is 2.26. The second-order valence-electron chi connectivity index (χ2n) is 7.25. The van der Waals surface area contributed by atoms with Crippen LogP contribution < -0.4 is 0 Å². The van der Waals surface area contributed by atoms with Crippen LogP contribution in [0.4, 0.5) is 0 Å². The fourth-order valence-electron chi connectivity index (χ4n) is 3.40. The minimum Gasteiger partial charge on any atom is -0.390 e. The fraction of sp³-hybridized carbons (Fsp3) is 0.348. The number of benzene rings is 2. The first kappa shape index (κ1) is 22.8. The van der Waals surface area contributed by atoms with E-state index in [2.05, 4.69) is 16.6 Å². The van der Waals surface area contributed by atoms with Gasteiger partial charge < -0.3 is 14.7 Å². The Bertz CT molecular complexity index is 875. The Kier molecular flexibility index (Phi) is 8.73. The van der Waals surface area contributed by atoms with Crippen molar-refractivity contribution in [2.24, 2.45) is 5.16 Å². The van der Waals surface area contributed by atoms with Crippen molar-refractivity contribution in [3.8, 4) is 0 Å². The summed E-state index contributed by atoms with van der Waals surface area (Å²) in [5, 5.41) is 16.0. The molecule has 5 nitrogen and oxygen atoms in total. The molecule has 1 aliphatic rings. The summed E-state index contributed by atoms with van der Waals surface area (Å²) in [7, 11) is 0. The summed E-state index contributed by atoms with van der Waals surface area (Å²) in [5.74, 6) is 0. The highest BCUT2D eigenvalue weighted by molar-refractivity contribution is 6.34. The van der Waals surface area contributed by atoms with Crippen LogP contribution in [0, 0.1) is 0 Å². The van der Waals surface area contributed by atoms with E-state index >= 15 is 0 Å². The van der Waals surface area contributed by atoms with E-state index in [4.69, 9.17) is 32.8 Å². The number of aliphatic hydroxyl groups is 1. The van der Waals surface area contributed by atoms with E-state index in [9.17, 15) is 5.11 Å². The van der Waals surface area contributed by atoms with Crippen LogP contribution in [-0.4, -0.2) is 54.2 Å². The molecular formula is C23H26Cl2N2O3. The van der Waals surface area contributed by atoms with Crippen molar-refractivity contribution in [2.75, 3.05) is 26.3 Å².